The van der Waals surface area contributed by atoms with Crippen LogP contribution in [0.1, 0.15) is 20.9 Å². The van der Waals surface area contributed by atoms with Crippen molar-refractivity contribution in [2.45, 2.75) is 13.0 Å². The zero-order chi connectivity index (χ0) is 28.2. The van der Waals surface area contributed by atoms with Crippen molar-refractivity contribution in [2.75, 3.05) is 5.32 Å². The fraction of sp³-hybridized carbons (Fsp3) is 0.0606. The van der Waals surface area contributed by atoms with Crippen LogP contribution in [0.15, 0.2) is 109 Å². The minimum atomic E-state index is -0.633. The van der Waals surface area contributed by atoms with E-state index < -0.39 is 11.7 Å². The molecule has 3 N–H and O–H groups in total. The predicted octanol–water partition coefficient (Wildman–Crippen LogP) is 7.21. The molecule has 6 rings (SSSR count). The molecule has 0 atom stereocenters. The lowest BCUT2D eigenvalue weighted by molar-refractivity contribution is -0.120. The molecule has 0 unspecified atom stereocenters. The zero-order valence-corrected chi connectivity index (χ0v) is 22.7. The fourth-order valence-electron chi connectivity index (χ4n) is 4.72. The fourth-order valence-corrected chi connectivity index (χ4v) is 5.63. The number of carbonyl (C=O) groups is 2. The smallest absolute Gasteiger partial charge is 0.265 e. The lowest BCUT2D eigenvalue weighted by Crippen LogP contribution is -2.25. The summed E-state index contributed by atoms with van der Waals surface area (Å²) in [6.07, 6.45) is 3.25. The second kappa shape index (κ2) is 11.6. The summed E-state index contributed by atoms with van der Waals surface area (Å²) in [6.45, 7) is 0.258. The number of thiophene rings is 1. The number of halogens is 1. The Balaban J connectivity index is 1.23. The summed E-state index contributed by atoms with van der Waals surface area (Å²) in [6, 6.07) is 29.8. The summed E-state index contributed by atoms with van der Waals surface area (Å²) < 4.78 is 16.0. The second-order valence-electron chi connectivity index (χ2n) is 9.51. The first-order chi connectivity index (χ1) is 20.0. The largest absolute Gasteiger partial charge is 0.357 e. The predicted molar refractivity (Wildman–Crippen MR) is 161 cm³/mol. The Bertz CT molecular complexity index is 1810. The van der Waals surface area contributed by atoms with Gasteiger partial charge >= 0.3 is 0 Å². The van der Waals surface area contributed by atoms with E-state index in [1.165, 1.54) is 11.3 Å². The summed E-state index contributed by atoms with van der Waals surface area (Å²) in [7, 11) is 0. The van der Waals surface area contributed by atoms with Gasteiger partial charge < -0.3 is 15.6 Å². The molecule has 2 amide bonds. The average Bonchev–Trinajstić information content (AvgIpc) is 3.67. The lowest BCUT2D eigenvalue weighted by Gasteiger charge is -2.15. The number of nitrogens with zero attached hydrogens (tertiary/aromatic N) is 1. The van der Waals surface area contributed by atoms with Crippen molar-refractivity contribution in [2.24, 2.45) is 0 Å². The molecule has 3 heterocycles. The van der Waals surface area contributed by atoms with Crippen LogP contribution in [0.2, 0.25) is 0 Å². The van der Waals surface area contributed by atoms with E-state index in [2.05, 4.69) is 20.6 Å². The topological polar surface area (TPSA) is 86.9 Å². The molecule has 202 valence electrons. The number of rotatable bonds is 8. The van der Waals surface area contributed by atoms with Crippen molar-refractivity contribution in [3.05, 3.63) is 131 Å². The van der Waals surface area contributed by atoms with Crippen LogP contribution in [0, 0.1) is 5.82 Å². The van der Waals surface area contributed by atoms with Crippen molar-refractivity contribution < 1.29 is 14.0 Å². The summed E-state index contributed by atoms with van der Waals surface area (Å²) in [5.41, 5.74) is 4.35. The SMILES string of the molecule is O=C(Cc1c(-c2ccccc2)ccc(NC(=O)c2ccc(-c3ccccc3)s2)c1F)NCc1cc2cnccc2[nH]1. The lowest BCUT2D eigenvalue weighted by atomic mass is 9.96. The first-order valence-corrected chi connectivity index (χ1v) is 13.9. The number of fused-ring (bicyclic) bond motifs is 1. The Hall–Kier alpha value is -5.08. The summed E-state index contributed by atoms with van der Waals surface area (Å²) in [4.78, 5) is 34.9. The third-order valence-electron chi connectivity index (χ3n) is 6.75. The van der Waals surface area contributed by atoms with E-state index in [0.717, 1.165) is 32.6 Å². The average molecular weight is 561 g/mol. The van der Waals surface area contributed by atoms with Crippen molar-refractivity contribution in [1.29, 1.82) is 0 Å². The highest BCUT2D eigenvalue weighted by atomic mass is 32.1. The maximum absolute atomic E-state index is 16.0. The number of nitrogens with one attached hydrogen (secondary N) is 3. The zero-order valence-electron chi connectivity index (χ0n) is 21.9. The molecule has 3 aromatic carbocycles. The van der Waals surface area contributed by atoms with Crippen molar-refractivity contribution >= 4 is 39.7 Å². The number of hydrogen-bond acceptors (Lipinski definition) is 4. The van der Waals surface area contributed by atoms with Crippen molar-refractivity contribution in [3.63, 3.8) is 0 Å². The molecule has 6 nitrogen and oxygen atoms in total. The molecule has 41 heavy (non-hydrogen) atoms. The number of pyridine rings is 1. The Kier molecular flexibility index (Phi) is 7.38. The van der Waals surface area contributed by atoms with Gasteiger partial charge in [-0.1, -0.05) is 66.7 Å². The molecule has 6 aromatic rings. The van der Waals surface area contributed by atoms with Gasteiger partial charge in [-0.3, -0.25) is 14.6 Å². The van der Waals surface area contributed by atoms with Crippen LogP contribution in [0.25, 0.3) is 32.5 Å². The van der Waals surface area contributed by atoms with Crippen LogP contribution in [-0.2, 0) is 17.8 Å². The first kappa shape index (κ1) is 26.2. The van der Waals surface area contributed by atoms with Crippen LogP contribution < -0.4 is 10.6 Å². The van der Waals surface area contributed by atoms with Gasteiger partial charge in [-0.15, -0.1) is 11.3 Å². The number of carbonyl (C=O) groups excluding carboxylic acids is 2. The standard InChI is InChI=1S/C33H25FN4O2S/c34-32-26(18-31(39)36-20-24-17-23-19-35-16-15-27(23)37-24)25(21-7-3-1-4-8-21)11-12-28(32)38-33(40)30-14-13-29(41-30)22-9-5-2-6-10-22/h1-17,19,37H,18,20H2,(H,36,39)(H,38,40). The Morgan fingerprint density at radius 3 is 2.39 bits per heavy atom. The van der Waals surface area contributed by atoms with Gasteiger partial charge in [0.25, 0.3) is 5.91 Å². The molecule has 0 fully saturated rings. The third-order valence-corrected chi connectivity index (χ3v) is 7.89. The van der Waals surface area contributed by atoms with Gasteiger partial charge in [0.05, 0.1) is 23.5 Å². The summed E-state index contributed by atoms with van der Waals surface area (Å²) >= 11 is 1.33. The Morgan fingerprint density at radius 2 is 1.63 bits per heavy atom. The van der Waals surface area contributed by atoms with Crippen molar-refractivity contribution in [3.8, 4) is 21.6 Å². The van der Waals surface area contributed by atoms with Crippen molar-refractivity contribution in [1.82, 2.24) is 15.3 Å². The minimum absolute atomic E-state index is 0.0234. The van der Waals surface area contributed by atoms with Gasteiger partial charge in [-0.25, -0.2) is 4.39 Å². The molecule has 0 bridgehead atoms. The van der Waals surface area contributed by atoms with Gasteiger partial charge in [0, 0.05) is 39.4 Å². The van der Waals surface area contributed by atoms with E-state index in [-0.39, 0.29) is 30.1 Å². The van der Waals surface area contributed by atoms with Crippen LogP contribution >= 0.6 is 11.3 Å². The monoisotopic (exact) mass is 560 g/mol. The molecular formula is C33H25FN4O2S. The van der Waals surface area contributed by atoms with Gasteiger partial charge in [0.2, 0.25) is 5.91 Å². The highest BCUT2D eigenvalue weighted by Crippen LogP contribution is 2.32. The Labute approximate surface area is 239 Å². The van der Waals surface area contributed by atoms with Gasteiger partial charge in [0.15, 0.2) is 5.82 Å². The molecule has 0 saturated carbocycles. The number of anilines is 1. The summed E-state index contributed by atoms with van der Waals surface area (Å²) in [5.74, 6) is -1.38. The maximum atomic E-state index is 16.0. The summed E-state index contributed by atoms with van der Waals surface area (Å²) in [5, 5.41) is 6.53. The number of aromatic nitrogens is 2. The second-order valence-corrected chi connectivity index (χ2v) is 10.6. The third kappa shape index (κ3) is 5.78. The van der Waals surface area contributed by atoms with Crippen LogP contribution in [0.5, 0.6) is 0 Å². The molecule has 0 radical (unpaired) electrons. The number of benzene rings is 3. The quantitative estimate of drug-likeness (QED) is 0.184. The highest BCUT2D eigenvalue weighted by Gasteiger charge is 2.20. The molecule has 0 aliphatic rings. The van der Waals surface area contributed by atoms with E-state index in [1.807, 2.05) is 78.9 Å². The number of hydrogen-bond donors (Lipinski definition) is 3. The van der Waals surface area contributed by atoms with Crippen LogP contribution in [0.3, 0.4) is 0 Å². The molecule has 0 spiro atoms. The van der Waals surface area contributed by atoms with Gasteiger partial charge in [-0.05, 0) is 47.0 Å². The maximum Gasteiger partial charge on any atom is 0.265 e. The molecule has 0 aliphatic heterocycles. The first-order valence-electron chi connectivity index (χ1n) is 13.1. The van der Waals surface area contributed by atoms with Gasteiger partial charge in [-0.2, -0.15) is 0 Å². The molecule has 3 aromatic heterocycles. The minimum Gasteiger partial charge on any atom is -0.357 e. The van der Waals surface area contributed by atoms with Crippen LogP contribution in [-0.4, -0.2) is 21.8 Å². The van der Waals surface area contributed by atoms with E-state index in [1.54, 1.807) is 30.6 Å². The Morgan fingerprint density at radius 1 is 0.878 bits per heavy atom. The molecule has 0 saturated heterocycles. The van der Waals surface area contributed by atoms with Gasteiger partial charge in [0.1, 0.15) is 0 Å². The van der Waals surface area contributed by atoms with E-state index in [4.69, 9.17) is 0 Å². The molecule has 8 heteroatoms. The van der Waals surface area contributed by atoms with E-state index >= 15 is 4.39 Å². The van der Waals surface area contributed by atoms with E-state index in [0.29, 0.717) is 10.4 Å². The normalized spacial score (nSPS) is 11.0. The number of aromatic amines is 1. The number of H-pyrrole nitrogens is 1. The molecular weight excluding hydrogens is 535 g/mol. The highest BCUT2D eigenvalue weighted by molar-refractivity contribution is 7.17. The van der Waals surface area contributed by atoms with Crippen LogP contribution in [0.4, 0.5) is 10.1 Å². The number of amides is 2. The van der Waals surface area contributed by atoms with E-state index in [9.17, 15) is 9.59 Å². The molecule has 0 aliphatic carbocycles.